The van der Waals surface area contributed by atoms with E-state index in [9.17, 15) is 0 Å². The molecule has 0 amide bonds. The van der Waals surface area contributed by atoms with E-state index in [-0.39, 0.29) is 0 Å². The van der Waals surface area contributed by atoms with Crippen LogP contribution in [0.4, 0.5) is 5.13 Å². The first-order chi connectivity index (χ1) is 5.18. The third kappa shape index (κ3) is 3.03. The number of hydrogen-bond acceptors (Lipinski definition) is 4. The third-order valence-electron chi connectivity index (χ3n) is 1.06. The van der Waals surface area contributed by atoms with Gasteiger partial charge in [0, 0.05) is 6.54 Å². The summed E-state index contributed by atoms with van der Waals surface area (Å²) in [4.78, 5) is 0. The van der Waals surface area contributed by atoms with Gasteiger partial charge in [-0.1, -0.05) is 25.2 Å². The smallest absolute Gasteiger partial charge is 0.208 e. The number of halogens is 1. The zero-order chi connectivity index (χ0) is 8.27. The molecule has 0 aromatic carbocycles. The van der Waals surface area contributed by atoms with Crippen molar-refractivity contribution < 1.29 is 0 Å². The maximum absolute atomic E-state index is 5.58. The Labute approximate surface area is 74.8 Å². The van der Waals surface area contributed by atoms with Crippen LogP contribution in [0.1, 0.15) is 13.8 Å². The van der Waals surface area contributed by atoms with Gasteiger partial charge < -0.3 is 5.32 Å². The van der Waals surface area contributed by atoms with Gasteiger partial charge in [0.2, 0.25) is 9.60 Å². The van der Waals surface area contributed by atoms with Gasteiger partial charge in [-0.2, -0.15) is 0 Å². The SMILES string of the molecule is CC(C)CNc1nnc(Cl)s1. The van der Waals surface area contributed by atoms with E-state index in [2.05, 4.69) is 29.4 Å². The van der Waals surface area contributed by atoms with Crippen LogP contribution in [0, 0.1) is 5.92 Å². The molecular formula is C6H10ClN3S. The second-order valence-electron chi connectivity index (χ2n) is 2.63. The van der Waals surface area contributed by atoms with Crippen LogP contribution in [-0.2, 0) is 0 Å². The highest BCUT2D eigenvalue weighted by Gasteiger charge is 2.00. The molecule has 0 saturated carbocycles. The molecule has 3 nitrogen and oxygen atoms in total. The fraction of sp³-hybridized carbons (Fsp3) is 0.667. The molecule has 11 heavy (non-hydrogen) atoms. The van der Waals surface area contributed by atoms with Crippen LogP contribution >= 0.6 is 22.9 Å². The highest BCUT2D eigenvalue weighted by atomic mass is 35.5. The van der Waals surface area contributed by atoms with Crippen molar-refractivity contribution in [2.45, 2.75) is 13.8 Å². The highest BCUT2D eigenvalue weighted by Crippen LogP contribution is 2.19. The summed E-state index contributed by atoms with van der Waals surface area (Å²) in [7, 11) is 0. The molecule has 0 fully saturated rings. The molecule has 0 aliphatic heterocycles. The molecule has 5 heteroatoms. The van der Waals surface area contributed by atoms with Crippen LogP contribution in [0.15, 0.2) is 0 Å². The average Bonchev–Trinajstić information content (AvgIpc) is 2.31. The minimum Gasteiger partial charge on any atom is -0.360 e. The Kier molecular flexibility index (Phi) is 3.08. The van der Waals surface area contributed by atoms with Gasteiger partial charge in [0.25, 0.3) is 0 Å². The molecule has 62 valence electrons. The number of nitrogens with one attached hydrogen (secondary N) is 1. The summed E-state index contributed by atoms with van der Waals surface area (Å²) < 4.78 is 0.483. The number of hydrogen-bond donors (Lipinski definition) is 1. The third-order valence-corrected chi connectivity index (χ3v) is 2.04. The average molecular weight is 192 g/mol. The predicted molar refractivity (Wildman–Crippen MR) is 48.2 cm³/mol. The van der Waals surface area contributed by atoms with E-state index in [4.69, 9.17) is 11.6 Å². The van der Waals surface area contributed by atoms with E-state index >= 15 is 0 Å². The summed E-state index contributed by atoms with van der Waals surface area (Å²) >= 11 is 6.94. The Hall–Kier alpha value is -0.350. The van der Waals surface area contributed by atoms with Crippen LogP contribution in [-0.4, -0.2) is 16.7 Å². The van der Waals surface area contributed by atoms with Gasteiger partial charge in [-0.25, -0.2) is 0 Å². The number of rotatable bonds is 3. The lowest BCUT2D eigenvalue weighted by Gasteiger charge is -2.03. The quantitative estimate of drug-likeness (QED) is 0.797. The van der Waals surface area contributed by atoms with Crippen molar-refractivity contribution >= 4 is 28.1 Å². The fourth-order valence-corrected chi connectivity index (χ4v) is 1.30. The Morgan fingerprint density at radius 3 is 2.73 bits per heavy atom. The molecule has 1 aromatic heterocycles. The summed E-state index contributed by atoms with van der Waals surface area (Å²) in [6, 6.07) is 0. The molecule has 1 N–H and O–H groups in total. The maximum atomic E-state index is 5.58. The van der Waals surface area contributed by atoms with Gasteiger partial charge in [0.1, 0.15) is 0 Å². The molecule has 1 rings (SSSR count). The minimum atomic E-state index is 0.483. The largest absolute Gasteiger partial charge is 0.360 e. The lowest BCUT2D eigenvalue weighted by atomic mass is 10.2. The predicted octanol–water partition coefficient (Wildman–Crippen LogP) is 2.26. The second kappa shape index (κ2) is 3.88. The summed E-state index contributed by atoms with van der Waals surface area (Å²) in [6.45, 7) is 5.18. The van der Waals surface area contributed by atoms with Gasteiger partial charge in [-0.15, -0.1) is 10.2 Å². The molecule has 0 atom stereocenters. The first-order valence-corrected chi connectivity index (χ1v) is 4.61. The number of nitrogens with zero attached hydrogens (tertiary/aromatic N) is 2. The zero-order valence-corrected chi connectivity index (χ0v) is 8.04. The first-order valence-electron chi connectivity index (χ1n) is 3.41. The van der Waals surface area contributed by atoms with Crippen LogP contribution in [0.5, 0.6) is 0 Å². The van der Waals surface area contributed by atoms with E-state index in [1.165, 1.54) is 11.3 Å². The van der Waals surface area contributed by atoms with Crippen molar-refractivity contribution in [2.24, 2.45) is 5.92 Å². The number of aromatic nitrogens is 2. The van der Waals surface area contributed by atoms with E-state index < -0.39 is 0 Å². The summed E-state index contributed by atoms with van der Waals surface area (Å²) in [6.07, 6.45) is 0. The van der Waals surface area contributed by atoms with E-state index in [0.29, 0.717) is 10.4 Å². The molecule has 1 aromatic rings. The van der Waals surface area contributed by atoms with E-state index in [0.717, 1.165) is 11.7 Å². The molecule has 0 aliphatic carbocycles. The van der Waals surface area contributed by atoms with Crippen LogP contribution in [0.25, 0.3) is 0 Å². The van der Waals surface area contributed by atoms with Crippen LogP contribution in [0.2, 0.25) is 4.47 Å². The van der Waals surface area contributed by atoms with Crippen molar-refractivity contribution in [3.05, 3.63) is 4.47 Å². The highest BCUT2D eigenvalue weighted by molar-refractivity contribution is 7.18. The first kappa shape index (κ1) is 8.74. The molecule has 0 bridgehead atoms. The Morgan fingerprint density at radius 1 is 1.55 bits per heavy atom. The van der Waals surface area contributed by atoms with Crippen molar-refractivity contribution in [2.75, 3.05) is 11.9 Å². The monoisotopic (exact) mass is 191 g/mol. The molecule has 1 heterocycles. The maximum Gasteiger partial charge on any atom is 0.208 e. The Morgan fingerprint density at radius 2 is 2.27 bits per heavy atom. The normalized spacial score (nSPS) is 10.5. The molecule has 0 unspecified atom stereocenters. The summed E-state index contributed by atoms with van der Waals surface area (Å²) in [5.41, 5.74) is 0. The molecule has 0 radical (unpaired) electrons. The van der Waals surface area contributed by atoms with E-state index in [1.807, 2.05) is 0 Å². The molecule has 0 aliphatic rings. The van der Waals surface area contributed by atoms with Gasteiger partial charge in [-0.05, 0) is 17.5 Å². The fourth-order valence-electron chi connectivity index (χ4n) is 0.568. The van der Waals surface area contributed by atoms with Gasteiger partial charge in [0.15, 0.2) is 0 Å². The Bertz CT molecular complexity index is 223. The summed E-state index contributed by atoms with van der Waals surface area (Å²) in [5, 5.41) is 11.4. The van der Waals surface area contributed by atoms with Crippen molar-refractivity contribution in [1.29, 1.82) is 0 Å². The molecule has 0 saturated heterocycles. The van der Waals surface area contributed by atoms with Gasteiger partial charge in [0.05, 0.1) is 0 Å². The van der Waals surface area contributed by atoms with Gasteiger partial charge in [-0.3, -0.25) is 0 Å². The minimum absolute atomic E-state index is 0.483. The number of anilines is 1. The summed E-state index contributed by atoms with van der Waals surface area (Å²) in [5.74, 6) is 0.609. The van der Waals surface area contributed by atoms with E-state index in [1.54, 1.807) is 0 Å². The zero-order valence-electron chi connectivity index (χ0n) is 6.47. The molecule has 0 spiro atoms. The lowest BCUT2D eigenvalue weighted by molar-refractivity contribution is 0.687. The topological polar surface area (TPSA) is 37.8 Å². The molecular weight excluding hydrogens is 182 g/mol. The van der Waals surface area contributed by atoms with Crippen molar-refractivity contribution in [1.82, 2.24) is 10.2 Å². The second-order valence-corrected chi connectivity index (χ2v) is 4.19. The Balaban J connectivity index is 2.39. The van der Waals surface area contributed by atoms with Crippen LogP contribution in [0.3, 0.4) is 0 Å². The standard InChI is InChI=1S/C6H10ClN3S/c1-4(2)3-8-6-10-9-5(7)11-6/h4H,3H2,1-2H3,(H,8,10). The lowest BCUT2D eigenvalue weighted by Crippen LogP contribution is -2.07. The van der Waals surface area contributed by atoms with Crippen molar-refractivity contribution in [3.8, 4) is 0 Å². The van der Waals surface area contributed by atoms with Crippen molar-refractivity contribution in [3.63, 3.8) is 0 Å². The van der Waals surface area contributed by atoms with Gasteiger partial charge >= 0.3 is 0 Å². The van der Waals surface area contributed by atoms with Crippen LogP contribution < -0.4 is 5.32 Å².